The summed E-state index contributed by atoms with van der Waals surface area (Å²) < 4.78 is 25.0. The maximum atomic E-state index is 11.1. The summed E-state index contributed by atoms with van der Waals surface area (Å²) in [6.07, 6.45) is 2.02. The van der Waals surface area contributed by atoms with Crippen LogP contribution in [0, 0.1) is 0 Å². The SMILES string of the molecule is CCCN(CCC)c1ccc(N)c(OS(=O)(O)=S)c1. The molecule has 0 aromatic heterocycles. The molecule has 0 aliphatic heterocycles. The molecule has 3 N–H and O–H groups in total. The average Bonchev–Trinajstić information content (AvgIpc) is 2.30. The second-order valence-electron chi connectivity index (χ2n) is 4.22. The first-order valence-electron chi connectivity index (χ1n) is 6.18. The predicted molar refractivity (Wildman–Crippen MR) is 82.4 cm³/mol. The van der Waals surface area contributed by atoms with Gasteiger partial charge in [-0.25, -0.2) is 0 Å². The van der Waals surface area contributed by atoms with Gasteiger partial charge in [-0.05, 0) is 25.0 Å². The largest absolute Gasteiger partial charge is 0.396 e. The van der Waals surface area contributed by atoms with Crippen molar-refractivity contribution in [1.29, 1.82) is 0 Å². The van der Waals surface area contributed by atoms with Crippen LogP contribution in [0.25, 0.3) is 0 Å². The van der Waals surface area contributed by atoms with Gasteiger partial charge in [0.2, 0.25) is 0 Å². The predicted octanol–water partition coefficient (Wildman–Crippen LogP) is 2.41. The van der Waals surface area contributed by atoms with Gasteiger partial charge in [0.15, 0.2) is 5.75 Å². The van der Waals surface area contributed by atoms with Gasteiger partial charge in [-0.15, -0.1) is 0 Å². The highest BCUT2D eigenvalue weighted by Crippen LogP contribution is 2.29. The molecule has 1 rings (SSSR count). The summed E-state index contributed by atoms with van der Waals surface area (Å²) in [7, 11) is -3.73. The van der Waals surface area contributed by atoms with Crippen LogP contribution in [0.5, 0.6) is 5.75 Å². The summed E-state index contributed by atoms with van der Waals surface area (Å²) in [5.74, 6) is 0.150. The number of rotatable bonds is 7. The fourth-order valence-corrected chi connectivity index (χ4v) is 2.41. The van der Waals surface area contributed by atoms with E-state index in [1.165, 1.54) is 0 Å². The van der Waals surface area contributed by atoms with E-state index in [9.17, 15) is 4.21 Å². The first-order chi connectivity index (χ1) is 8.87. The zero-order chi connectivity index (χ0) is 14.5. The van der Waals surface area contributed by atoms with Gasteiger partial charge in [-0.3, -0.25) is 4.55 Å². The van der Waals surface area contributed by atoms with Gasteiger partial charge in [0.25, 0.3) is 0 Å². The lowest BCUT2D eigenvalue weighted by atomic mass is 10.2. The second kappa shape index (κ2) is 6.93. The summed E-state index contributed by atoms with van der Waals surface area (Å²) in [6, 6.07) is 5.18. The van der Waals surface area contributed by atoms with Gasteiger partial charge < -0.3 is 14.8 Å². The summed E-state index contributed by atoms with van der Waals surface area (Å²) in [5, 5.41) is 0. The average molecular weight is 304 g/mol. The molecule has 1 atom stereocenters. The van der Waals surface area contributed by atoms with Gasteiger partial charge >= 0.3 is 9.05 Å². The van der Waals surface area contributed by atoms with Gasteiger partial charge in [0, 0.05) is 24.8 Å². The van der Waals surface area contributed by atoms with Crippen molar-refractivity contribution in [3.05, 3.63) is 18.2 Å². The minimum absolute atomic E-state index is 0.150. The molecule has 1 aromatic carbocycles. The second-order valence-corrected chi connectivity index (χ2v) is 6.51. The third-order valence-corrected chi connectivity index (χ3v) is 3.14. The molecule has 0 fully saturated rings. The normalized spacial score (nSPS) is 13.8. The smallest absolute Gasteiger partial charge is 0.311 e. The molecule has 0 heterocycles. The molecule has 0 aliphatic rings. The highest BCUT2D eigenvalue weighted by atomic mass is 32.9. The van der Waals surface area contributed by atoms with Crippen LogP contribution in [0.15, 0.2) is 18.2 Å². The van der Waals surface area contributed by atoms with E-state index in [0.717, 1.165) is 31.6 Å². The van der Waals surface area contributed by atoms with E-state index in [2.05, 4.69) is 29.9 Å². The van der Waals surface area contributed by atoms with Crippen molar-refractivity contribution in [3.63, 3.8) is 0 Å². The summed E-state index contributed by atoms with van der Waals surface area (Å²) in [5.41, 5.74) is 6.92. The highest BCUT2D eigenvalue weighted by Gasteiger charge is 2.11. The minimum Gasteiger partial charge on any atom is -0.396 e. The molecule has 1 unspecified atom stereocenters. The monoisotopic (exact) mass is 304 g/mol. The van der Waals surface area contributed by atoms with Crippen molar-refractivity contribution in [1.82, 2.24) is 0 Å². The van der Waals surface area contributed by atoms with Gasteiger partial charge in [0.05, 0.1) is 16.9 Å². The van der Waals surface area contributed by atoms with E-state index < -0.39 is 9.05 Å². The van der Waals surface area contributed by atoms with E-state index in [0.29, 0.717) is 5.69 Å². The Labute approximate surface area is 119 Å². The number of nitrogens with zero attached hydrogens (tertiary/aromatic N) is 1. The summed E-state index contributed by atoms with van der Waals surface area (Å²) in [4.78, 5) is 2.18. The molecule has 19 heavy (non-hydrogen) atoms. The van der Waals surface area contributed by atoms with E-state index in [1.54, 1.807) is 12.1 Å². The maximum absolute atomic E-state index is 11.1. The molecule has 0 amide bonds. The number of hydrogen-bond acceptors (Lipinski definition) is 5. The van der Waals surface area contributed by atoms with Gasteiger partial charge in [0.1, 0.15) is 0 Å². The number of hydrogen-bond donors (Lipinski definition) is 2. The van der Waals surface area contributed by atoms with Gasteiger partial charge in [-0.2, -0.15) is 4.21 Å². The van der Waals surface area contributed by atoms with Crippen molar-refractivity contribution in [2.75, 3.05) is 23.7 Å². The number of anilines is 2. The van der Waals surface area contributed by atoms with Crippen molar-refractivity contribution in [2.24, 2.45) is 0 Å². The first-order valence-corrected chi connectivity index (χ1v) is 8.55. The first kappa shape index (κ1) is 16.0. The Morgan fingerprint density at radius 2 is 1.95 bits per heavy atom. The van der Waals surface area contributed by atoms with Crippen LogP contribution < -0.4 is 14.8 Å². The Morgan fingerprint density at radius 3 is 2.42 bits per heavy atom. The van der Waals surface area contributed by atoms with E-state index in [1.807, 2.05) is 6.07 Å². The lowest BCUT2D eigenvalue weighted by Gasteiger charge is -2.24. The van der Waals surface area contributed by atoms with Gasteiger partial charge in [-0.1, -0.05) is 13.8 Å². The fraction of sp³-hybridized carbons (Fsp3) is 0.500. The summed E-state index contributed by atoms with van der Waals surface area (Å²) >= 11 is 4.33. The van der Waals surface area contributed by atoms with E-state index >= 15 is 0 Å². The Hall–Kier alpha value is -1.05. The van der Waals surface area contributed by atoms with E-state index in [4.69, 9.17) is 14.5 Å². The topological polar surface area (TPSA) is 75.8 Å². The lowest BCUT2D eigenvalue weighted by molar-refractivity contribution is 0.455. The Kier molecular flexibility index (Phi) is 5.84. The zero-order valence-electron chi connectivity index (χ0n) is 11.2. The molecule has 108 valence electrons. The molecule has 0 saturated carbocycles. The van der Waals surface area contributed by atoms with Crippen LogP contribution in [0.1, 0.15) is 26.7 Å². The van der Waals surface area contributed by atoms with Crippen LogP contribution in [0.3, 0.4) is 0 Å². The molecule has 0 radical (unpaired) electrons. The maximum Gasteiger partial charge on any atom is 0.311 e. The van der Waals surface area contributed by atoms with Crippen LogP contribution in [-0.2, 0) is 20.2 Å². The molecule has 0 bridgehead atoms. The number of nitrogen functional groups attached to an aromatic ring is 1. The molecular formula is C12H20N2O3S2. The van der Waals surface area contributed by atoms with Crippen molar-refractivity contribution < 1.29 is 12.9 Å². The molecule has 0 spiro atoms. The standard InChI is InChI=1S/C12H20N2O3S2/c1-3-7-14(8-4-2)10-5-6-11(13)12(9-10)17-19(15,16)18/h5-6,9H,3-4,7-8,13H2,1-2H3,(H,15,16,18). The Bertz CT molecular complexity index is 512. The van der Waals surface area contributed by atoms with Crippen LogP contribution in [0.2, 0.25) is 0 Å². The Balaban J connectivity index is 3.05. The van der Waals surface area contributed by atoms with Crippen molar-refractivity contribution >= 4 is 31.6 Å². The quantitative estimate of drug-likeness (QED) is 0.753. The lowest BCUT2D eigenvalue weighted by Crippen LogP contribution is -2.24. The van der Waals surface area contributed by atoms with Crippen LogP contribution >= 0.6 is 0 Å². The highest BCUT2D eigenvalue weighted by molar-refractivity contribution is 8.27. The molecular weight excluding hydrogens is 284 g/mol. The molecule has 1 aromatic rings. The molecule has 0 aliphatic carbocycles. The van der Waals surface area contributed by atoms with Crippen molar-refractivity contribution in [3.8, 4) is 5.75 Å². The van der Waals surface area contributed by atoms with Crippen molar-refractivity contribution in [2.45, 2.75) is 26.7 Å². The number of nitrogens with two attached hydrogens (primary N) is 1. The van der Waals surface area contributed by atoms with Crippen LogP contribution in [-0.4, -0.2) is 21.9 Å². The number of benzene rings is 1. The fourth-order valence-electron chi connectivity index (χ4n) is 1.82. The minimum atomic E-state index is -3.73. The zero-order valence-corrected chi connectivity index (χ0v) is 12.8. The third kappa shape index (κ3) is 5.22. The Morgan fingerprint density at radius 1 is 1.37 bits per heavy atom. The van der Waals surface area contributed by atoms with Crippen LogP contribution in [0.4, 0.5) is 11.4 Å². The van der Waals surface area contributed by atoms with E-state index in [-0.39, 0.29) is 5.75 Å². The summed E-state index contributed by atoms with van der Waals surface area (Å²) in [6.45, 7) is 6.00. The molecule has 7 heteroatoms. The molecule has 0 saturated heterocycles. The third-order valence-electron chi connectivity index (χ3n) is 2.54. The molecule has 5 nitrogen and oxygen atoms in total.